The van der Waals surface area contributed by atoms with Crippen molar-refractivity contribution >= 4 is 5.91 Å². The van der Waals surface area contributed by atoms with Crippen LogP contribution in [0.4, 0.5) is 0 Å². The van der Waals surface area contributed by atoms with Crippen LogP contribution in [-0.4, -0.2) is 56.7 Å². The normalized spacial score (nSPS) is 24.2. The Kier molecular flexibility index (Phi) is 6.47. The molecule has 0 aliphatic carbocycles. The summed E-state index contributed by atoms with van der Waals surface area (Å²) in [5.41, 5.74) is 5.50. The highest BCUT2D eigenvalue weighted by atomic mass is 16.5. The number of carbonyl (C=O) groups excluding carboxylic acids is 1. The van der Waals surface area contributed by atoms with Crippen LogP contribution in [0.2, 0.25) is 0 Å². The van der Waals surface area contributed by atoms with Crippen LogP contribution in [0, 0.1) is 0 Å². The van der Waals surface area contributed by atoms with Gasteiger partial charge < -0.3 is 20.7 Å². The molecule has 0 aromatic heterocycles. The first-order valence-electron chi connectivity index (χ1n) is 6.41. The molecule has 1 amide bonds. The van der Waals surface area contributed by atoms with Crippen molar-refractivity contribution in [1.82, 2.24) is 10.2 Å². The minimum Gasteiger partial charge on any atom is -0.364 e. The van der Waals surface area contributed by atoms with Crippen LogP contribution in [0.25, 0.3) is 0 Å². The van der Waals surface area contributed by atoms with Gasteiger partial charge in [-0.25, -0.2) is 0 Å². The molecule has 0 bridgehead atoms. The van der Waals surface area contributed by atoms with Crippen molar-refractivity contribution < 1.29 is 9.53 Å². The van der Waals surface area contributed by atoms with E-state index >= 15 is 0 Å². The number of nitrogens with zero attached hydrogens (tertiary/aromatic N) is 1. The topological polar surface area (TPSA) is 67.6 Å². The van der Waals surface area contributed by atoms with Crippen molar-refractivity contribution in [2.45, 2.75) is 37.9 Å². The van der Waals surface area contributed by atoms with E-state index in [4.69, 9.17) is 10.5 Å². The van der Waals surface area contributed by atoms with E-state index < -0.39 is 0 Å². The summed E-state index contributed by atoms with van der Waals surface area (Å²) in [5.74, 6) is 0.0193. The largest absolute Gasteiger partial charge is 0.364 e. The van der Waals surface area contributed by atoms with Crippen LogP contribution >= 0.6 is 0 Å². The zero-order valence-electron chi connectivity index (χ0n) is 10.9. The Bertz CT molecular complexity index is 234. The van der Waals surface area contributed by atoms with Gasteiger partial charge in [0, 0.05) is 13.1 Å². The van der Waals surface area contributed by atoms with Gasteiger partial charge in [-0.3, -0.25) is 4.79 Å². The average Bonchev–Trinajstić information content (AvgIpc) is 2.76. The average molecular weight is 243 g/mol. The molecule has 2 atom stereocenters. The number of amides is 1. The maximum Gasteiger partial charge on any atom is 0.249 e. The summed E-state index contributed by atoms with van der Waals surface area (Å²) in [6.45, 7) is 2.30. The molecule has 0 radical (unpaired) electrons. The van der Waals surface area contributed by atoms with Crippen molar-refractivity contribution in [3.63, 3.8) is 0 Å². The Balaban J connectivity index is 2.05. The van der Waals surface area contributed by atoms with E-state index in [1.54, 1.807) is 0 Å². The lowest BCUT2D eigenvalue weighted by Crippen LogP contribution is -2.36. The fourth-order valence-corrected chi connectivity index (χ4v) is 1.95. The minimum absolute atomic E-state index is 0.0193. The van der Waals surface area contributed by atoms with E-state index in [1.807, 2.05) is 0 Å². The number of nitrogens with one attached hydrogen (secondary N) is 1. The lowest BCUT2D eigenvalue weighted by atomic mass is 10.2. The quantitative estimate of drug-likeness (QED) is 0.615. The molecular weight excluding hydrogens is 218 g/mol. The van der Waals surface area contributed by atoms with Gasteiger partial charge in [0.05, 0.1) is 6.10 Å². The molecule has 17 heavy (non-hydrogen) atoms. The maximum atomic E-state index is 11.7. The van der Waals surface area contributed by atoms with Gasteiger partial charge in [0.15, 0.2) is 0 Å². The van der Waals surface area contributed by atoms with Gasteiger partial charge in [0.2, 0.25) is 5.91 Å². The second kappa shape index (κ2) is 7.63. The van der Waals surface area contributed by atoms with E-state index in [0.717, 1.165) is 38.8 Å². The Morgan fingerprint density at radius 3 is 2.76 bits per heavy atom. The third-order valence-corrected chi connectivity index (χ3v) is 2.99. The molecule has 1 fully saturated rings. The van der Waals surface area contributed by atoms with Gasteiger partial charge in [-0.1, -0.05) is 0 Å². The third kappa shape index (κ3) is 5.48. The van der Waals surface area contributed by atoms with Gasteiger partial charge in [-0.05, 0) is 46.3 Å². The van der Waals surface area contributed by atoms with Crippen LogP contribution in [0.1, 0.15) is 25.7 Å². The number of carbonyl (C=O) groups is 1. The zero-order chi connectivity index (χ0) is 12.7. The van der Waals surface area contributed by atoms with Crippen LogP contribution in [0.5, 0.6) is 0 Å². The van der Waals surface area contributed by atoms with E-state index in [9.17, 15) is 4.79 Å². The van der Waals surface area contributed by atoms with Crippen molar-refractivity contribution in [3.05, 3.63) is 0 Å². The number of hydrogen-bond acceptors (Lipinski definition) is 4. The molecule has 2 unspecified atom stereocenters. The molecule has 0 aromatic carbocycles. The Morgan fingerprint density at radius 2 is 2.18 bits per heavy atom. The highest BCUT2D eigenvalue weighted by Crippen LogP contribution is 2.18. The first kappa shape index (κ1) is 14.4. The van der Waals surface area contributed by atoms with E-state index in [1.165, 1.54) is 0 Å². The standard InChI is InChI=1S/C12H25N3O2/c1-15(2)8-4-3-7-14-12(16)11-6-5-10(9-13)17-11/h10-11H,3-9,13H2,1-2H3,(H,14,16). The molecule has 0 saturated carbocycles. The summed E-state index contributed by atoms with van der Waals surface area (Å²) in [5, 5.41) is 2.92. The Hall–Kier alpha value is -0.650. The Morgan fingerprint density at radius 1 is 1.41 bits per heavy atom. The van der Waals surface area contributed by atoms with Crippen LogP contribution in [0.15, 0.2) is 0 Å². The van der Waals surface area contributed by atoms with E-state index in [0.29, 0.717) is 6.54 Å². The predicted octanol–water partition coefficient (Wildman–Crippen LogP) is -0.0493. The summed E-state index contributed by atoms with van der Waals surface area (Å²) in [4.78, 5) is 13.9. The van der Waals surface area contributed by atoms with Gasteiger partial charge in [-0.2, -0.15) is 0 Å². The molecule has 1 aliphatic heterocycles. The molecule has 1 rings (SSSR count). The van der Waals surface area contributed by atoms with Gasteiger partial charge in [0.1, 0.15) is 6.10 Å². The van der Waals surface area contributed by atoms with Crippen LogP contribution < -0.4 is 11.1 Å². The molecule has 0 spiro atoms. The zero-order valence-corrected chi connectivity index (χ0v) is 10.9. The maximum absolute atomic E-state index is 11.7. The van der Waals surface area contributed by atoms with Crippen LogP contribution in [-0.2, 0) is 9.53 Å². The molecule has 0 aromatic rings. The predicted molar refractivity (Wildman–Crippen MR) is 67.7 cm³/mol. The van der Waals surface area contributed by atoms with Crippen molar-refractivity contribution in [2.75, 3.05) is 33.7 Å². The fourth-order valence-electron chi connectivity index (χ4n) is 1.95. The van der Waals surface area contributed by atoms with Gasteiger partial charge in [-0.15, -0.1) is 0 Å². The van der Waals surface area contributed by atoms with Crippen molar-refractivity contribution in [3.8, 4) is 0 Å². The molecule has 3 N–H and O–H groups in total. The summed E-state index contributed by atoms with van der Waals surface area (Å²) < 4.78 is 5.52. The van der Waals surface area contributed by atoms with Gasteiger partial charge in [0.25, 0.3) is 0 Å². The number of rotatable bonds is 7. The second-order valence-electron chi connectivity index (χ2n) is 4.86. The summed E-state index contributed by atoms with van der Waals surface area (Å²) in [6, 6.07) is 0. The van der Waals surface area contributed by atoms with Crippen molar-refractivity contribution in [2.24, 2.45) is 5.73 Å². The lowest BCUT2D eigenvalue weighted by Gasteiger charge is -2.13. The molecule has 1 saturated heterocycles. The smallest absolute Gasteiger partial charge is 0.249 e. The highest BCUT2D eigenvalue weighted by molar-refractivity contribution is 5.80. The van der Waals surface area contributed by atoms with E-state index in [-0.39, 0.29) is 18.1 Å². The number of hydrogen-bond donors (Lipinski definition) is 2. The highest BCUT2D eigenvalue weighted by Gasteiger charge is 2.29. The number of unbranched alkanes of at least 4 members (excludes halogenated alkanes) is 1. The van der Waals surface area contributed by atoms with Gasteiger partial charge >= 0.3 is 0 Å². The summed E-state index contributed by atoms with van der Waals surface area (Å²) in [6.07, 6.45) is 3.60. The molecule has 1 aliphatic rings. The molecular formula is C12H25N3O2. The SMILES string of the molecule is CN(C)CCCCNC(=O)C1CCC(CN)O1. The summed E-state index contributed by atoms with van der Waals surface area (Å²) in [7, 11) is 4.11. The Labute approximate surface area is 104 Å². The summed E-state index contributed by atoms with van der Waals surface area (Å²) >= 11 is 0. The first-order valence-corrected chi connectivity index (χ1v) is 6.41. The lowest BCUT2D eigenvalue weighted by molar-refractivity contribution is -0.131. The van der Waals surface area contributed by atoms with Crippen molar-refractivity contribution in [1.29, 1.82) is 0 Å². The monoisotopic (exact) mass is 243 g/mol. The third-order valence-electron chi connectivity index (χ3n) is 2.99. The van der Waals surface area contributed by atoms with Crippen LogP contribution in [0.3, 0.4) is 0 Å². The fraction of sp³-hybridized carbons (Fsp3) is 0.917. The molecule has 1 heterocycles. The molecule has 5 nitrogen and oxygen atoms in total. The van der Waals surface area contributed by atoms with E-state index in [2.05, 4.69) is 24.3 Å². The number of nitrogens with two attached hydrogens (primary N) is 1. The second-order valence-corrected chi connectivity index (χ2v) is 4.86. The molecule has 5 heteroatoms. The number of ether oxygens (including phenoxy) is 1. The minimum atomic E-state index is -0.280. The first-order chi connectivity index (χ1) is 8.13. The molecule has 100 valence electrons.